The number of hydrogen-bond donors (Lipinski definition) is 0. The Hall–Kier alpha value is -6.62. The van der Waals surface area contributed by atoms with Gasteiger partial charge >= 0.3 is 0 Å². The van der Waals surface area contributed by atoms with Crippen LogP contribution in [0.15, 0.2) is 164 Å². The van der Waals surface area contributed by atoms with Crippen LogP contribution in [0.5, 0.6) is 0 Å². The summed E-state index contributed by atoms with van der Waals surface area (Å²) in [6, 6.07) is 59.6. The van der Waals surface area contributed by atoms with E-state index in [1.165, 1.54) is 75.1 Å². The molecule has 3 aromatic heterocycles. The Morgan fingerprint density at radius 1 is 0.491 bits per heavy atom. The SMILES string of the molecule is c1cc(-c2cccc3ccccc23)cc(-c2nc(-n3c4ccc5c(c4c4c6sc7ccccc7c6ccc43)CCCc3ccccc3-5)nc3ccccc23)c1. The summed E-state index contributed by atoms with van der Waals surface area (Å²) in [7, 11) is 0. The highest BCUT2D eigenvalue weighted by molar-refractivity contribution is 7.26. The summed E-state index contributed by atoms with van der Waals surface area (Å²) in [5.41, 5.74) is 13.2. The normalized spacial score (nSPS) is 12.9. The Labute approximate surface area is 321 Å². The first-order valence-corrected chi connectivity index (χ1v) is 19.9. The van der Waals surface area contributed by atoms with Crippen LogP contribution in [-0.2, 0) is 12.8 Å². The maximum Gasteiger partial charge on any atom is 0.235 e. The van der Waals surface area contributed by atoms with Crippen molar-refractivity contribution in [3.05, 3.63) is 175 Å². The lowest BCUT2D eigenvalue weighted by molar-refractivity contribution is 0.839. The maximum atomic E-state index is 5.56. The molecule has 0 spiro atoms. The molecule has 3 nitrogen and oxygen atoms in total. The molecule has 11 aromatic rings. The van der Waals surface area contributed by atoms with Crippen molar-refractivity contribution in [2.75, 3.05) is 0 Å². The smallest absolute Gasteiger partial charge is 0.235 e. The van der Waals surface area contributed by atoms with Crippen molar-refractivity contribution in [3.63, 3.8) is 0 Å². The maximum absolute atomic E-state index is 5.56. The highest BCUT2D eigenvalue weighted by Crippen LogP contribution is 2.47. The zero-order valence-electron chi connectivity index (χ0n) is 30.0. The summed E-state index contributed by atoms with van der Waals surface area (Å²) in [5.74, 6) is 0.693. The third kappa shape index (κ3) is 4.62. The summed E-state index contributed by atoms with van der Waals surface area (Å²) in [5, 5.41) is 8.78. The van der Waals surface area contributed by atoms with Crippen molar-refractivity contribution in [3.8, 4) is 39.5 Å². The molecular formula is C51H33N3S. The van der Waals surface area contributed by atoms with E-state index in [0.29, 0.717) is 5.95 Å². The molecule has 0 amide bonds. The van der Waals surface area contributed by atoms with Crippen LogP contribution in [0.2, 0.25) is 0 Å². The molecule has 1 aliphatic rings. The lowest BCUT2D eigenvalue weighted by atomic mass is 9.93. The van der Waals surface area contributed by atoms with Gasteiger partial charge in [0.1, 0.15) is 0 Å². The van der Waals surface area contributed by atoms with Gasteiger partial charge in [0.2, 0.25) is 5.95 Å². The van der Waals surface area contributed by atoms with Crippen molar-refractivity contribution in [1.82, 2.24) is 14.5 Å². The first-order chi connectivity index (χ1) is 27.3. The molecule has 55 heavy (non-hydrogen) atoms. The minimum atomic E-state index is 0.693. The highest BCUT2D eigenvalue weighted by Gasteiger charge is 2.25. The van der Waals surface area contributed by atoms with Crippen LogP contribution in [0.1, 0.15) is 17.5 Å². The molecule has 8 aromatic carbocycles. The summed E-state index contributed by atoms with van der Waals surface area (Å²) in [4.78, 5) is 10.9. The predicted molar refractivity (Wildman–Crippen MR) is 233 cm³/mol. The predicted octanol–water partition coefficient (Wildman–Crippen LogP) is 13.7. The van der Waals surface area contributed by atoms with Crippen LogP contribution in [0.3, 0.4) is 0 Å². The monoisotopic (exact) mass is 719 g/mol. The number of hydrogen-bond acceptors (Lipinski definition) is 3. The second-order valence-corrected chi connectivity index (χ2v) is 15.8. The van der Waals surface area contributed by atoms with Crippen molar-refractivity contribution in [2.24, 2.45) is 0 Å². The van der Waals surface area contributed by atoms with Crippen molar-refractivity contribution in [1.29, 1.82) is 0 Å². The zero-order valence-corrected chi connectivity index (χ0v) is 30.8. The molecule has 3 heterocycles. The van der Waals surface area contributed by atoms with Crippen LogP contribution in [0, 0.1) is 0 Å². The third-order valence-corrected chi connectivity index (χ3v) is 13.0. The average Bonchev–Trinajstić information content (AvgIpc) is 3.73. The number of para-hydroxylation sites is 1. The quantitative estimate of drug-likeness (QED) is 0.182. The molecule has 4 heteroatoms. The summed E-state index contributed by atoms with van der Waals surface area (Å²) >= 11 is 1.90. The fourth-order valence-corrected chi connectivity index (χ4v) is 10.6. The minimum Gasteiger partial charge on any atom is -0.278 e. The van der Waals surface area contributed by atoms with E-state index in [4.69, 9.17) is 9.97 Å². The molecule has 258 valence electrons. The third-order valence-electron chi connectivity index (χ3n) is 11.8. The van der Waals surface area contributed by atoms with Crippen molar-refractivity contribution < 1.29 is 0 Å². The second-order valence-electron chi connectivity index (χ2n) is 14.8. The van der Waals surface area contributed by atoms with Gasteiger partial charge in [0.25, 0.3) is 0 Å². The van der Waals surface area contributed by atoms with Gasteiger partial charge in [-0.05, 0) is 93.7 Å². The molecule has 0 radical (unpaired) electrons. The lowest BCUT2D eigenvalue weighted by Gasteiger charge is -2.14. The fourth-order valence-electron chi connectivity index (χ4n) is 9.32. The van der Waals surface area contributed by atoms with E-state index in [0.717, 1.165) is 52.5 Å². The largest absolute Gasteiger partial charge is 0.278 e. The average molecular weight is 720 g/mol. The Balaban J connectivity index is 1.16. The van der Waals surface area contributed by atoms with Gasteiger partial charge in [0.05, 0.1) is 22.2 Å². The van der Waals surface area contributed by atoms with Crippen molar-refractivity contribution in [2.45, 2.75) is 19.3 Å². The van der Waals surface area contributed by atoms with Crippen LogP contribution in [0.25, 0.3) is 103 Å². The fraction of sp³-hybridized carbons (Fsp3) is 0.0588. The van der Waals surface area contributed by atoms with E-state index in [1.54, 1.807) is 0 Å². The summed E-state index contributed by atoms with van der Waals surface area (Å²) in [6.07, 6.45) is 3.21. The van der Waals surface area contributed by atoms with Crippen LogP contribution in [-0.4, -0.2) is 14.5 Å². The Morgan fingerprint density at radius 3 is 2.18 bits per heavy atom. The van der Waals surface area contributed by atoms with E-state index < -0.39 is 0 Å². The van der Waals surface area contributed by atoms with E-state index in [-0.39, 0.29) is 0 Å². The van der Waals surface area contributed by atoms with Gasteiger partial charge in [0.15, 0.2) is 0 Å². The van der Waals surface area contributed by atoms with Gasteiger partial charge in [-0.15, -0.1) is 11.3 Å². The van der Waals surface area contributed by atoms with E-state index >= 15 is 0 Å². The topological polar surface area (TPSA) is 30.7 Å². The number of thiophene rings is 1. The van der Waals surface area contributed by atoms with E-state index in [9.17, 15) is 0 Å². The molecule has 0 unspecified atom stereocenters. The van der Waals surface area contributed by atoms with E-state index in [2.05, 4.69) is 168 Å². The second kappa shape index (κ2) is 11.9. The Morgan fingerprint density at radius 2 is 1.22 bits per heavy atom. The Kier molecular flexibility index (Phi) is 6.69. The van der Waals surface area contributed by atoms with Gasteiger partial charge in [-0.25, -0.2) is 9.97 Å². The first-order valence-electron chi connectivity index (χ1n) is 19.1. The molecule has 0 aliphatic heterocycles. The molecule has 1 aliphatic carbocycles. The molecule has 0 fully saturated rings. The number of aryl methyl sites for hydroxylation is 2. The van der Waals surface area contributed by atoms with E-state index in [1.807, 2.05) is 11.3 Å². The molecule has 0 N–H and O–H groups in total. The van der Waals surface area contributed by atoms with Gasteiger partial charge < -0.3 is 0 Å². The number of nitrogens with zero attached hydrogens (tertiary/aromatic N) is 3. The highest BCUT2D eigenvalue weighted by atomic mass is 32.1. The molecule has 12 rings (SSSR count). The standard InChI is InChI=1S/C51H33N3S/c1-3-18-35-31(12-1)14-10-22-37(35)33-16-9-17-34(30-33)49-42-21-5-7-24-43(42)52-51(53-49)54-44-28-26-38-36-19-4-2-13-32(36)15-11-23-40(38)47(44)48-45(54)29-27-41-39-20-6-8-25-46(39)55-50(41)48/h1-10,12-14,16-22,24-30H,11,15,23H2. The first kappa shape index (κ1) is 30.8. The Bertz CT molecular complexity index is 3360. The van der Waals surface area contributed by atoms with Gasteiger partial charge in [0, 0.05) is 41.9 Å². The molecular weight excluding hydrogens is 687 g/mol. The molecule has 0 saturated heterocycles. The van der Waals surface area contributed by atoms with Crippen LogP contribution >= 0.6 is 11.3 Å². The lowest BCUT2D eigenvalue weighted by Crippen LogP contribution is -2.03. The van der Waals surface area contributed by atoms with Gasteiger partial charge in [-0.2, -0.15) is 0 Å². The number of rotatable bonds is 3. The number of benzene rings is 8. The van der Waals surface area contributed by atoms with Crippen LogP contribution < -0.4 is 0 Å². The van der Waals surface area contributed by atoms with Gasteiger partial charge in [-0.3, -0.25) is 4.57 Å². The number of fused-ring (bicyclic) bond motifs is 13. The van der Waals surface area contributed by atoms with Crippen LogP contribution in [0.4, 0.5) is 0 Å². The molecule has 0 atom stereocenters. The zero-order chi connectivity index (χ0) is 36.0. The molecule has 0 saturated carbocycles. The minimum absolute atomic E-state index is 0.693. The van der Waals surface area contributed by atoms with Crippen molar-refractivity contribution >= 4 is 75.0 Å². The van der Waals surface area contributed by atoms with Gasteiger partial charge in [-0.1, -0.05) is 133 Å². The summed E-state index contributed by atoms with van der Waals surface area (Å²) in [6.45, 7) is 0. The number of aromatic nitrogens is 3. The molecule has 0 bridgehead atoms. The summed E-state index contributed by atoms with van der Waals surface area (Å²) < 4.78 is 4.99.